The highest BCUT2D eigenvalue weighted by molar-refractivity contribution is 5.86. The second-order valence-corrected chi connectivity index (χ2v) is 10.1. The number of rotatable bonds is 9. The molecule has 0 aliphatic heterocycles. The smallest absolute Gasteiger partial charge is 0.238 e. The maximum atomic E-state index is 13.3. The Morgan fingerprint density at radius 2 is 1.53 bits per heavy atom. The van der Waals surface area contributed by atoms with Crippen molar-refractivity contribution in [2.45, 2.75) is 39.3 Å². The lowest BCUT2D eigenvalue weighted by Gasteiger charge is -2.24. The van der Waals surface area contributed by atoms with Crippen LogP contribution in [0.15, 0.2) is 115 Å². The molecule has 38 heavy (non-hydrogen) atoms. The molecule has 2 N–H and O–H groups in total. The van der Waals surface area contributed by atoms with Gasteiger partial charge in [0.2, 0.25) is 5.91 Å². The lowest BCUT2D eigenvalue weighted by Crippen LogP contribution is -2.39. The van der Waals surface area contributed by atoms with E-state index in [9.17, 15) is 4.79 Å². The van der Waals surface area contributed by atoms with E-state index in [4.69, 9.17) is 0 Å². The van der Waals surface area contributed by atoms with E-state index in [1.54, 1.807) is 0 Å². The minimum Gasteiger partial charge on any atom is -0.348 e. The zero-order valence-electron chi connectivity index (χ0n) is 22.4. The van der Waals surface area contributed by atoms with Gasteiger partial charge in [-0.1, -0.05) is 121 Å². The first-order chi connectivity index (χ1) is 18.4. The molecule has 4 rings (SSSR count). The Morgan fingerprint density at radius 1 is 0.868 bits per heavy atom. The first kappa shape index (κ1) is 26.9. The molecule has 2 atom stereocenters. The second kappa shape index (κ2) is 12.9. The highest BCUT2D eigenvalue weighted by Gasteiger charge is 2.28. The predicted molar refractivity (Wildman–Crippen MR) is 159 cm³/mol. The van der Waals surface area contributed by atoms with Crippen LogP contribution in [0.1, 0.15) is 49.5 Å². The largest absolute Gasteiger partial charge is 0.348 e. The van der Waals surface area contributed by atoms with E-state index in [0.29, 0.717) is 6.54 Å². The fourth-order valence-electron chi connectivity index (χ4n) is 4.51. The maximum absolute atomic E-state index is 13.3. The van der Waals surface area contributed by atoms with E-state index in [0.717, 1.165) is 12.0 Å². The first-order valence-corrected chi connectivity index (χ1v) is 13.2. The van der Waals surface area contributed by atoms with Crippen LogP contribution in [0.4, 0.5) is 0 Å². The summed E-state index contributed by atoms with van der Waals surface area (Å²) in [6.45, 7) is 6.61. The van der Waals surface area contributed by atoms with Gasteiger partial charge in [-0.05, 0) is 60.7 Å². The molecule has 3 heteroatoms. The van der Waals surface area contributed by atoms with Crippen molar-refractivity contribution in [1.82, 2.24) is 10.6 Å². The van der Waals surface area contributed by atoms with Crippen LogP contribution in [-0.4, -0.2) is 12.5 Å². The second-order valence-electron chi connectivity index (χ2n) is 10.1. The van der Waals surface area contributed by atoms with Crippen LogP contribution in [-0.2, 0) is 11.2 Å². The number of hydrogen-bond donors (Lipinski definition) is 2. The molecular formula is C35H36N2O. The minimum absolute atomic E-state index is 0.0779. The number of fused-ring (bicyclic) bond motifs is 1. The van der Waals surface area contributed by atoms with Crippen LogP contribution < -0.4 is 10.6 Å². The molecular weight excluding hydrogens is 464 g/mol. The number of hydrogen-bond acceptors (Lipinski definition) is 2. The molecule has 3 nitrogen and oxygen atoms in total. The van der Waals surface area contributed by atoms with Gasteiger partial charge in [-0.2, -0.15) is 0 Å². The molecule has 0 aliphatic carbocycles. The molecule has 192 valence electrons. The Morgan fingerprint density at radius 3 is 2.29 bits per heavy atom. The van der Waals surface area contributed by atoms with Gasteiger partial charge in [0.25, 0.3) is 0 Å². The van der Waals surface area contributed by atoms with Gasteiger partial charge in [0.15, 0.2) is 0 Å². The van der Waals surface area contributed by atoms with Crippen LogP contribution in [0.25, 0.3) is 10.8 Å². The SMILES string of the molecule is CC(NC/C=C/C#CC(C)(C)C(=O)NC(Cc1ccccc1)c1ccccc1)c1cccc2ccccc12. The van der Waals surface area contributed by atoms with Crippen LogP contribution >= 0.6 is 0 Å². The summed E-state index contributed by atoms with van der Waals surface area (Å²) in [5.41, 5.74) is 2.72. The minimum atomic E-state index is -0.822. The fraction of sp³-hybridized carbons (Fsp3) is 0.229. The molecule has 0 aliphatic rings. The molecule has 0 spiro atoms. The summed E-state index contributed by atoms with van der Waals surface area (Å²) < 4.78 is 0. The van der Waals surface area contributed by atoms with Crippen molar-refractivity contribution >= 4 is 16.7 Å². The average Bonchev–Trinajstić information content (AvgIpc) is 2.95. The number of carbonyl (C=O) groups excluding carboxylic acids is 1. The van der Waals surface area contributed by atoms with Crippen molar-refractivity contribution < 1.29 is 4.79 Å². The van der Waals surface area contributed by atoms with E-state index in [2.05, 4.69) is 96.1 Å². The molecule has 0 saturated heterocycles. The van der Waals surface area contributed by atoms with E-state index >= 15 is 0 Å². The van der Waals surface area contributed by atoms with E-state index in [1.165, 1.54) is 21.9 Å². The summed E-state index contributed by atoms with van der Waals surface area (Å²) in [7, 11) is 0. The van der Waals surface area contributed by atoms with Crippen molar-refractivity contribution in [3.05, 3.63) is 132 Å². The fourth-order valence-corrected chi connectivity index (χ4v) is 4.51. The monoisotopic (exact) mass is 500 g/mol. The number of allylic oxidation sites excluding steroid dienone is 1. The Hall–Kier alpha value is -4.13. The van der Waals surface area contributed by atoms with Crippen molar-refractivity contribution in [3.8, 4) is 11.8 Å². The molecule has 4 aromatic rings. The molecule has 0 bridgehead atoms. The van der Waals surface area contributed by atoms with E-state index < -0.39 is 5.41 Å². The number of amides is 1. The van der Waals surface area contributed by atoms with E-state index in [1.807, 2.05) is 62.4 Å². The van der Waals surface area contributed by atoms with Crippen LogP contribution in [0.2, 0.25) is 0 Å². The first-order valence-electron chi connectivity index (χ1n) is 13.2. The van der Waals surface area contributed by atoms with Crippen molar-refractivity contribution in [3.63, 3.8) is 0 Å². The third-order valence-electron chi connectivity index (χ3n) is 6.78. The number of benzene rings is 4. The highest BCUT2D eigenvalue weighted by Crippen LogP contribution is 2.24. The Labute approximate surface area is 227 Å². The maximum Gasteiger partial charge on any atom is 0.238 e. The van der Waals surface area contributed by atoms with E-state index in [-0.39, 0.29) is 18.0 Å². The topological polar surface area (TPSA) is 41.1 Å². The zero-order valence-corrected chi connectivity index (χ0v) is 22.4. The van der Waals surface area contributed by atoms with Gasteiger partial charge in [0.05, 0.1) is 6.04 Å². The Bertz CT molecular complexity index is 1420. The molecule has 2 unspecified atom stereocenters. The molecule has 4 aromatic carbocycles. The van der Waals surface area contributed by atoms with Crippen molar-refractivity contribution in [2.24, 2.45) is 5.41 Å². The third-order valence-corrected chi connectivity index (χ3v) is 6.78. The summed E-state index contributed by atoms with van der Waals surface area (Å²) in [6.07, 6.45) is 4.56. The van der Waals surface area contributed by atoms with Crippen LogP contribution in [0, 0.1) is 17.3 Å². The summed E-state index contributed by atoms with van der Waals surface area (Å²) in [5.74, 6) is 6.15. The van der Waals surface area contributed by atoms with Crippen LogP contribution in [0.5, 0.6) is 0 Å². The molecule has 0 saturated carbocycles. The van der Waals surface area contributed by atoms with Gasteiger partial charge in [-0.3, -0.25) is 4.79 Å². The summed E-state index contributed by atoms with van der Waals surface area (Å²) in [4.78, 5) is 13.3. The Kier molecular flexibility index (Phi) is 9.14. The zero-order chi connectivity index (χ0) is 26.8. The lowest BCUT2D eigenvalue weighted by molar-refractivity contribution is -0.127. The summed E-state index contributed by atoms with van der Waals surface area (Å²) >= 11 is 0. The molecule has 0 radical (unpaired) electrons. The van der Waals surface area contributed by atoms with Crippen LogP contribution in [0.3, 0.4) is 0 Å². The van der Waals surface area contributed by atoms with Gasteiger partial charge in [-0.15, -0.1) is 0 Å². The molecule has 0 heterocycles. The molecule has 0 fully saturated rings. The third kappa shape index (κ3) is 7.22. The summed E-state index contributed by atoms with van der Waals surface area (Å²) in [6, 6.07) is 35.3. The van der Waals surface area contributed by atoms with Gasteiger partial charge in [-0.25, -0.2) is 0 Å². The standard InChI is InChI=1S/C35H36N2O/c1-27(31-23-15-21-29-18-11-12-22-32(29)31)36-25-14-6-13-24-35(2,3)34(38)37-33(30-19-9-5-10-20-30)26-28-16-7-4-8-17-28/h4-12,14-23,27,33,36H,25-26H2,1-3H3,(H,37,38)/b14-6+. The Balaban J connectivity index is 1.35. The normalized spacial score (nSPS) is 13.0. The van der Waals surface area contributed by atoms with Gasteiger partial charge >= 0.3 is 0 Å². The highest BCUT2D eigenvalue weighted by atomic mass is 16.2. The number of nitrogens with one attached hydrogen (secondary N) is 2. The number of carbonyl (C=O) groups is 1. The predicted octanol–water partition coefficient (Wildman–Crippen LogP) is 7.18. The molecule has 1 amide bonds. The lowest BCUT2D eigenvalue weighted by atomic mass is 9.91. The average molecular weight is 501 g/mol. The van der Waals surface area contributed by atoms with Gasteiger partial charge in [0, 0.05) is 12.6 Å². The van der Waals surface area contributed by atoms with Gasteiger partial charge < -0.3 is 10.6 Å². The van der Waals surface area contributed by atoms with Crippen molar-refractivity contribution in [1.29, 1.82) is 0 Å². The van der Waals surface area contributed by atoms with Gasteiger partial charge in [0.1, 0.15) is 5.41 Å². The quantitative estimate of drug-likeness (QED) is 0.239. The van der Waals surface area contributed by atoms with Crippen molar-refractivity contribution in [2.75, 3.05) is 6.54 Å². The molecule has 0 aromatic heterocycles. The summed E-state index contributed by atoms with van der Waals surface area (Å²) in [5, 5.41) is 9.31.